The first-order valence-electron chi connectivity index (χ1n) is 9.29. The first-order valence-corrected chi connectivity index (χ1v) is 11.9. The molecule has 0 bridgehead atoms. The van der Waals surface area contributed by atoms with Gasteiger partial charge in [0, 0.05) is 41.8 Å². The third kappa shape index (κ3) is 4.45. The molecule has 2 aromatic heterocycles. The molecule has 3 aromatic rings. The van der Waals surface area contributed by atoms with Crippen molar-refractivity contribution in [3.8, 4) is 0 Å². The number of aromatic nitrogens is 1. The summed E-state index contributed by atoms with van der Waals surface area (Å²) in [5.41, 5.74) is 1.18. The van der Waals surface area contributed by atoms with Crippen molar-refractivity contribution >= 4 is 49.0 Å². The molecule has 4 rings (SSSR count). The molecule has 9 heteroatoms. The Morgan fingerprint density at radius 2 is 1.90 bits per heavy atom. The minimum absolute atomic E-state index is 0.118. The maximum atomic E-state index is 13.0. The number of carbonyl (C=O) groups is 1. The average Bonchev–Trinajstić information content (AvgIpc) is 3.14. The quantitative estimate of drug-likeness (QED) is 0.578. The molecule has 0 radical (unpaired) electrons. The van der Waals surface area contributed by atoms with Crippen molar-refractivity contribution in [1.29, 1.82) is 0 Å². The van der Waals surface area contributed by atoms with Crippen LogP contribution in [0.2, 0.25) is 5.02 Å². The van der Waals surface area contributed by atoms with Crippen molar-refractivity contribution in [2.75, 3.05) is 26.2 Å². The lowest BCUT2D eigenvalue weighted by Crippen LogP contribution is -2.52. The molecule has 0 aliphatic carbocycles. The Kier molecular flexibility index (Phi) is 5.87. The molecule has 0 N–H and O–H groups in total. The monoisotopic (exact) mass is 449 g/mol. The third-order valence-electron chi connectivity index (χ3n) is 4.98. The van der Waals surface area contributed by atoms with E-state index in [0.29, 0.717) is 24.7 Å². The van der Waals surface area contributed by atoms with E-state index < -0.39 is 10.0 Å². The van der Waals surface area contributed by atoms with E-state index in [1.807, 2.05) is 12.1 Å². The number of benzene rings is 1. The molecule has 1 aliphatic heterocycles. The fourth-order valence-corrected chi connectivity index (χ4v) is 6.60. The smallest absolute Gasteiger partial charge is 0.253 e. The number of amides is 1. The highest BCUT2D eigenvalue weighted by atomic mass is 35.5. The largest absolute Gasteiger partial charge is 0.340 e. The summed E-state index contributed by atoms with van der Waals surface area (Å²) in [5.74, 6) is -0.154. The molecule has 29 heavy (non-hydrogen) atoms. The molecule has 1 aromatic carbocycles. The second-order valence-corrected chi connectivity index (χ2v) is 10.6. The van der Waals surface area contributed by atoms with Gasteiger partial charge >= 0.3 is 0 Å². The molecule has 1 amide bonds. The van der Waals surface area contributed by atoms with Crippen LogP contribution in [0, 0.1) is 0 Å². The fourth-order valence-electron chi connectivity index (χ4n) is 3.39. The molecule has 3 heterocycles. The molecule has 0 atom stereocenters. The first-order chi connectivity index (χ1) is 13.9. The fraction of sp³-hybridized carbons (Fsp3) is 0.300. The van der Waals surface area contributed by atoms with Gasteiger partial charge in [-0.05, 0) is 54.1 Å². The van der Waals surface area contributed by atoms with E-state index in [4.69, 9.17) is 11.6 Å². The standard InChI is InChI=1S/C20H20ClN3O3S2/c21-17-4-3-16-12-20(28-18(16)13-17)29(26,27)24-11-10-23(19(25)14-24)9-1-2-15-5-7-22-8-6-15/h3-8,12-13H,1-2,9-11,14H2. The summed E-state index contributed by atoms with van der Waals surface area (Å²) in [4.78, 5) is 18.3. The van der Waals surface area contributed by atoms with Crippen LogP contribution in [0.4, 0.5) is 0 Å². The lowest BCUT2D eigenvalue weighted by atomic mass is 10.1. The molecular formula is C20H20ClN3O3S2. The predicted molar refractivity (Wildman–Crippen MR) is 115 cm³/mol. The van der Waals surface area contributed by atoms with Crippen molar-refractivity contribution in [2.45, 2.75) is 17.1 Å². The maximum Gasteiger partial charge on any atom is 0.253 e. The van der Waals surface area contributed by atoms with Crippen molar-refractivity contribution in [2.24, 2.45) is 0 Å². The normalized spacial score (nSPS) is 15.9. The molecule has 0 spiro atoms. The number of piperazine rings is 1. The van der Waals surface area contributed by atoms with E-state index in [2.05, 4.69) is 4.98 Å². The van der Waals surface area contributed by atoms with Crippen molar-refractivity contribution in [1.82, 2.24) is 14.2 Å². The highest BCUT2D eigenvalue weighted by Crippen LogP contribution is 2.33. The van der Waals surface area contributed by atoms with Crippen LogP contribution in [0.1, 0.15) is 12.0 Å². The van der Waals surface area contributed by atoms with E-state index >= 15 is 0 Å². The molecule has 0 saturated carbocycles. The number of aryl methyl sites for hydroxylation is 1. The lowest BCUT2D eigenvalue weighted by molar-refractivity contribution is -0.134. The summed E-state index contributed by atoms with van der Waals surface area (Å²) < 4.78 is 28.4. The topological polar surface area (TPSA) is 70.6 Å². The van der Waals surface area contributed by atoms with Gasteiger partial charge in [-0.25, -0.2) is 8.42 Å². The molecule has 1 fully saturated rings. The summed E-state index contributed by atoms with van der Waals surface area (Å²) in [6.07, 6.45) is 5.20. The lowest BCUT2D eigenvalue weighted by Gasteiger charge is -2.33. The number of fused-ring (bicyclic) bond motifs is 1. The van der Waals surface area contributed by atoms with Crippen LogP contribution in [0.3, 0.4) is 0 Å². The average molecular weight is 450 g/mol. The predicted octanol–water partition coefficient (Wildman–Crippen LogP) is 3.42. The summed E-state index contributed by atoms with van der Waals surface area (Å²) in [6, 6.07) is 10.9. The van der Waals surface area contributed by atoms with Gasteiger partial charge in [-0.1, -0.05) is 17.7 Å². The van der Waals surface area contributed by atoms with Gasteiger partial charge < -0.3 is 4.90 Å². The van der Waals surface area contributed by atoms with Crippen molar-refractivity contribution in [3.63, 3.8) is 0 Å². The summed E-state index contributed by atoms with van der Waals surface area (Å²) in [5, 5.41) is 1.40. The van der Waals surface area contributed by atoms with Crippen molar-refractivity contribution in [3.05, 3.63) is 59.4 Å². The van der Waals surface area contributed by atoms with E-state index in [9.17, 15) is 13.2 Å². The zero-order chi connectivity index (χ0) is 20.4. The van der Waals surface area contributed by atoms with Crippen LogP contribution in [-0.2, 0) is 21.2 Å². The molecule has 1 aliphatic rings. The van der Waals surface area contributed by atoms with Crippen LogP contribution in [0.15, 0.2) is 53.0 Å². The Hall–Kier alpha value is -2.00. The Morgan fingerprint density at radius 3 is 2.66 bits per heavy atom. The van der Waals surface area contributed by atoms with E-state index in [0.717, 1.165) is 22.9 Å². The SMILES string of the molecule is O=C1CN(S(=O)(=O)c2cc3ccc(Cl)cc3s2)CCN1CCCc1ccncc1. The van der Waals surface area contributed by atoms with Crippen LogP contribution >= 0.6 is 22.9 Å². The summed E-state index contributed by atoms with van der Waals surface area (Å²) in [7, 11) is -3.70. The van der Waals surface area contributed by atoms with Crippen LogP contribution in [0.5, 0.6) is 0 Å². The van der Waals surface area contributed by atoms with Crippen molar-refractivity contribution < 1.29 is 13.2 Å². The molecular weight excluding hydrogens is 430 g/mol. The van der Waals surface area contributed by atoms with Gasteiger partial charge in [0.15, 0.2) is 0 Å². The molecule has 152 valence electrons. The number of rotatable bonds is 6. The highest BCUT2D eigenvalue weighted by molar-refractivity contribution is 7.91. The minimum Gasteiger partial charge on any atom is -0.340 e. The zero-order valence-electron chi connectivity index (χ0n) is 15.6. The second kappa shape index (κ2) is 8.39. The van der Waals surface area contributed by atoms with E-state index in [1.54, 1.807) is 41.6 Å². The van der Waals surface area contributed by atoms with Crippen LogP contribution in [-0.4, -0.2) is 54.7 Å². The van der Waals surface area contributed by atoms with Gasteiger partial charge in [-0.2, -0.15) is 4.31 Å². The maximum absolute atomic E-state index is 13.0. The number of pyridine rings is 1. The molecule has 0 unspecified atom stereocenters. The number of hydrogen-bond donors (Lipinski definition) is 0. The summed E-state index contributed by atoms with van der Waals surface area (Å²) in [6.45, 7) is 1.21. The van der Waals surface area contributed by atoms with Gasteiger partial charge in [0.25, 0.3) is 10.0 Å². The van der Waals surface area contributed by atoms with Gasteiger partial charge in [0.1, 0.15) is 4.21 Å². The molecule has 6 nitrogen and oxygen atoms in total. The van der Waals surface area contributed by atoms with Gasteiger partial charge in [-0.3, -0.25) is 9.78 Å². The van der Waals surface area contributed by atoms with E-state index in [-0.39, 0.29) is 16.7 Å². The Bertz CT molecular complexity index is 1130. The number of carbonyl (C=O) groups excluding carboxylic acids is 1. The Labute approximate surface area is 178 Å². The second-order valence-electron chi connectivity index (χ2n) is 6.93. The molecule has 1 saturated heterocycles. The van der Waals surface area contributed by atoms with Crippen LogP contribution in [0.25, 0.3) is 10.1 Å². The van der Waals surface area contributed by atoms with E-state index in [1.165, 1.54) is 21.2 Å². The van der Waals surface area contributed by atoms with Gasteiger partial charge in [0.05, 0.1) is 6.54 Å². The third-order valence-corrected chi connectivity index (χ3v) is 8.61. The Balaban J connectivity index is 1.39. The minimum atomic E-state index is -3.70. The zero-order valence-corrected chi connectivity index (χ0v) is 18.0. The van der Waals surface area contributed by atoms with Crippen LogP contribution < -0.4 is 0 Å². The van der Waals surface area contributed by atoms with Gasteiger partial charge in [-0.15, -0.1) is 11.3 Å². The number of halogens is 1. The number of nitrogens with zero attached hydrogens (tertiary/aromatic N) is 3. The number of hydrogen-bond acceptors (Lipinski definition) is 5. The van der Waals surface area contributed by atoms with Gasteiger partial charge in [0.2, 0.25) is 5.91 Å². The number of thiophene rings is 1. The number of sulfonamides is 1. The first kappa shape index (κ1) is 20.3. The Morgan fingerprint density at radius 1 is 1.10 bits per heavy atom. The highest BCUT2D eigenvalue weighted by Gasteiger charge is 2.33. The summed E-state index contributed by atoms with van der Waals surface area (Å²) >= 11 is 7.18.